The SMILES string of the molecule is Sc1nc(Nc2ccc(Br)cc2)c2ncn(C3CCCCO3)c2n1. The van der Waals surface area contributed by atoms with Crippen LogP contribution in [-0.4, -0.2) is 26.1 Å². The second-order valence-corrected chi connectivity index (χ2v) is 6.97. The summed E-state index contributed by atoms with van der Waals surface area (Å²) in [6.07, 6.45) is 4.97. The number of thiol groups is 1. The molecule has 24 heavy (non-hydrogen) atoms. The molecule has 3 aromatic rings. The van der Waals surface area contributed by atoms with Crippen LogP contribution < -0.4 is 5.32 Å². The zero-order chi connectivity index (χ0) is 16.5. The van der Waals surface area contributed by atoms with Crippen molar-refractivity contribution in [2.45, 2.75) is 30.6 Å². The van der Waals surface area contributed by atoms with Crippen LogP contribution in [0, 0.1) is 0 Å². The van der Waals surface area contributed by atoms with E-state index >= 15 is 0 Å². The topological polar surface area (TPSA) is 64.9 Å². The Hall–Kier alpha value is -1.64. The van der Waals surface area contributed by atoms with E-state index in [0.29, 0.717) is 16.5 Å². The molecule has 1 unspecified atom stereocenters. The highest BCUT2D eigenvalue weighted by atomic mass is 79.9. The van der Waals surface area contributed by atoms with Crippen molar-refractivity contribution >= 4 is 51.2 Å². The number of anilines is 2. The summed E-state index contributed by atoms with van der Waals surface area (Å²) in [6, 6.07) is 7.88. The normalized spacial score (nSPS) is 18.0. The molecule has 8 heteroatoms. The molecule has 4 rings (SSSR count). The molecule has 6 nitrogen and oxygen atoms in total. The fraction of sp³-hybridized carbons (Fsp3) is 0.312. The Kier molecular flexibility index (Phi) is 4.43. The van der Waals surface area contributed by atoms with Crippen LogP contribution in [0.15, 0.2) is 40.2 Å². The molecule has 1 aromatic carbocycles. The Morgan fingerprint density at radius 2 is 2.04 bits per heavy atom. The molecule has 0 spiro atoms. The van der Waals surface area contributed by atoms with Gasteiger partial charge in [-0.25, -0.2) is 15.0 Å². The van der Waals surface area contributed by atoms with Gasteiger partial charge in [0.15, 0.2) is 22.1 Å². The molecule has 2 aromatic heterocycles. The highest BCUT2D eigenvalue weighted by Gasteiger charge is 2.21. The number of hydrogen-bond acceptors (Lipinski definition) is 6. The molecule has 0 amide bonds. The van der Waals surface area contributed by atoms with Gasteiger partial charge in [0.2, 0.25) is 0 Å². The van der Waals surface area contributed by atoms with E-state index in [-0.39, 0.29) is 6.23 Å². The molecule has 1 saturated heterocycles. The largest absolute Gasteiger partial charge is 0.358 e. The number of imidazole rings is 1. The van der Waals surface area contributed by atoms with Crippen molar-refractivity contribution in [2.24, 2.45) is 0 Å². The van der Waals surface area contributed by atoms with Crippen LogP contribution in [0.3, 0.4) is 0 Å². The Bertz CT molecular complexity index is 861. The lowest BCUT2D eigenvalue weighted by atomic mass is 10.2. The summed E-state index contributed by atoms with van der Waals surface area (Å²) in [4.78, 5) is 13.3. The Balaban J connectivity index is 1.73. The number of nitrogens with one attached hydrogen (secondary N) is 1. The Labute approximate surface area is 153 Å². The minimum Gasteiger partial charge on any atom is -0.358 e. The number of aromatic nitrogens is 4. The highest BCUT2D eigenvalue weighted by molar-refractivity contribution is 9.10. The summed E-state index contributed by atoms with van der Waals surface area (Å²) in [5, 5.41) is 3.70. The summed E-state index contributed by atoms with van der Waals surface area (Å²) >= 11 is 7.78. The lowest BCUT2D eigenvalue weighted by molar-refractivity contribution is -0.0298. The molecule has 1 fully saturated rings. The van der Waals surface area contributed by atoms with Crippen molar-refractivity contribution in [3.05, 3.63) is 35.1 Å². The molecule has 0 radical (unpaired) electrons. The van der Waals surface area contributed by atoms with Crippen LogP contribution in [0.2, 0.25) is 0 Å². The molecule has 1 N–H and O–H groups in total. The van der Waals surface area contributed by atoms with Crippen molar-refractivity contribution in [3.8, 4) is 0 Å². The minimum atomic E-state index is -0.0214. The number of halogens is 1. The number of ether oxygens (including phenoxy) is 1. The molecule has 124 valence electrons. The lowest BCUT2D eigenvalue weighted by Crippen LogP contribution is -2.17. The van der Waals surface area contributed by atoms with Gasteiger partial charge < -0.3 is 10.1 Å². The zero-order valence-electron chi connectivity index (χ0n) is 12.8. The third-order valence-corrected chi connectivity index (χ3v) is 4.71. The third kappa shape index (κ3) is 3.13. The van der Waals surface area contributed by atoms with Gasteiger partial charge in [-0.15, -0.1) is 12.6 Å². The maximum atomic E-state index is 5.85. The van der Waals surface area contributed by atoms with E-state index in [1.165, 1.54) is 0 Å². The summed E-state index contributed by atoms with van der Waals surface area (Å²) < 4.78 is 8.85. The van der Waals surface area contributed by atoms with Gasteiger partial charge >= 0.3 is 0 Å². The minimum absolute atomic E-state index is 0.0214. The zero-order valence-corrected chi connectivity index (χ0v) is 15.3. The predicted molar refractivity (Wildman–Crippen MR) is 98.8 cm³/mol. The van der Waals surface area contributed by atoms with Gasteiger partial charge in [0.1, 0.15) is 6.23 Å². The number of benzene rings is 1. The fourth-order valence-electron chi connectivity index (χ4n) is 2.82. The van der Waals surface area contributed by atoms with Crippen LogP contribution in [0.4, 0.5) is 11.5 Å². The van der Waals surface area contributed by atoms with Crippen molar-refractivity contribution in [1.82, 2.24) is 19.5 Å². The standard InChI is InChI=1S/C16H16BrN5OS/c17-10-4-6-11(7-5-10)19-14-13-15(21-16(24)20-14)22(9-18-13)12-3-1-2-8-23-12/h4-7,9,12H,1-3,8H2,(H2,19,20,21,24). The second-order valence-electron chi connectivity index (χ2n) is 5.65. The monoisotopic (exact) mass is 405 g/mol. The van der Waals surface area contributed by atoms with Gasteiger partial charge in [-0.2, -0.15) is 0 Å². The number of fused-ring (bicyclic) bond motifs is 1. The predicted octanol–water partition coefficient (Wildman–Crippen LogP) is 4.32. The van der Waals surface area contributed by atoms with Crippen LogP contribution in [0.1, 0.15) is 25.5 Å². The first-order valence-electron chi connectivity index (χ1n) is 7.78. The van der Waals surface area contributed by atoms with Crippen LogP contribution in [-0.2, 0) is 4.74 Å². The maximum Gasteiger partial charge on any atom is 0.188 e. The quantitative estimate of drug-likeness (QED) is 0.501. The summed E-state index contributed by atoms with van der Waals surface area (Å²) in [5.74, 6) is 0.641. The van der Waals surface area contributed by atoms with Gasteiger partial charge in [-0.05, 0) is 43.5 Å². The number of nitrogens with zero attached hydrogens (tertiary/aromatic N) is 4. The maximum absolute atomic E-state index is 5.85. The lowest BCUT2D eigenvalue weighted by Gasteiger charge is -2.23. The molecule has 1 atom stereocenters. The van der Waals surface area contributed by atoms with Gasteiger partial charge in [-0.3, -0.25) is 4.57 Å². The highest BCUT2D eigenvalue weighted by Crippen LogP contribution is 2.29. The molecule has 1 aliphatic heterocycles. The molecule has 1 aliphatic rings. The van der Waals surface area contributed by atoms with E-state index < -0.39 is 0 Å². The Morgan fingerprint density at radius 1 is 1.21 bits per heavy atom. The first kappa shape index (κ1) is 15.9. The molecule has 3 heterocycles. The van der Waals surface area contributed by atoms with Gasteiger partial charge in [0, 0.05) is 16.8 Å². The van der Waals surface area contributed by atoms with Crippen LogP contribution in [0.5, 0.6) is 0 Å². The molecule has 0 bridgehead atoms. The van der Waals surface area contributed by atoms with E-state index in [2.05, 4.69) is 48.8 Å². The molecule has 0 saturated carbocycles. The van der Waals surface area contributed by atoms with Crippen LogP contribution >= 0.6 is 28.6 Å². The van der Waals surface area contributed by atoms with Gasteiger partial charge in [0.25, 0.3) is 0 Å². The third-order valence-electron chi connectivity index (χ3n) is 3.98. The average molecular weight is 406 g/mol. The van der Waals surface area contributed by atoms with E-state index in [1.807, 2.05) is 28.8 Å². The summed E-state index contributed by atoms with van der Waals surface area (Å²) in [6.45, 7) is 0.771. The first-order valence-corrected chi connectivity index (χ1v) is 9.02. The second kappa shape index (κ2) is 6.70. The van der Waals surface area contributed by atoms with E-state index in [4.69, 9.17) is 4.74 Å². The fourth-order valence-corrected chi connectivity index (χ4v) is 3.28. The molecule has 0 aliphatic carbocycles. The van der Waals surface area contributed by atoms with Gasteiger partial charge in [-0.1, -0.05) is 15.9 Å². The average Bonchev–Trinajstić information content (AvgIpc) is 3.01. The molecular formula is C16H16BrN5OS. The van der Waals surface area contributed by atoms with Crippen molar-refractivity contribution in [2.75, 3.05) is 11.9 Å². The summed E-state index contributed by atoms with van der Waals surface area (Å²) in [7, 11) is 0. The summed E-state index contributed by atoms with van der Waals surface area (Å²) in [5.41, 5.74) is 2.38. The number of hydrogen-bond donors (Lipinski definition) is 2. The van der Waals surface area contributed by atoms with E-state index in [1.54, 1.807) is 6.33 Å². The van der Waals surface area contributed by atoms with Crippen LogP contribution in [0.25, 0.3) is 11.2 Å². The first-order chi connectivity index (χ1) is 11.7. The smallest absolute Gasteiger partial charge is 0.188 e. The van der Waals surface area contributed by atoms with Gasteiger partial charge in [0.05, 0.1) is 6.33 Å². The van der Waals surface area contributed by atoms with Crippen molar-refractivity contribution in [1.29, 1.82) is 0 Å². The Morgan fingerprint density at radius 3 is 2.79 bits per heavy atom. The van der Waals surface area contributed by atoms with Crippen molar-refractivity contribution in [3.63, 3.8) is 0 Å². The molecular weight excluding hydrogens is 390 g/mol. The number of rotatable bonds is 3. The van der Waals surface area contributed by atoms with Crippen molar-refractivity contribution < 1.29 is 4.74 Å². The van der Waals surface area contributed by atoms with E-state index in [0.717, 1.165) is 41.7 Å². The van der Waals surface area contributed by atoms with E-state index in [9.17, 15) is 0 Å².